The molecule has 0 saturated carbocycles. The van der Waals surface area contributed by atoms with Gasteiger partial charge in [0.15, 0.2) is 4.86 Å². The summed E-state index contributed by atoms with van der Waals surface area (Å²) in [5.41, 5.74) is 0.205. The van der Waals surface area contributed by atoms with E-state index in [1.54, 1.807) is 6.07 Å². The molecule has 7 nitrogen and oxygen atoms in total. The number of esters is 1. The average Bonchev–Trinajstić information content (AvgIpc) is 2.67. The molecule has 140 valence electrons. The number of nitrogens with zero attached hydrogens (tertiary/aromatic N) is 2. The first-order valence-electron chi connectivity index (χ1n) is 7.43. The molecular formula is C18H15ClN2O5S. The molecule has 27 heavy (non-hydrogen) atoms. The average molecular weight is 407 g/mol. The molecule has 1 atom stereocenters. The SMILES string of the molecule is COC(=O)c1ccc(Cl)cc1N=CC(C#N)=S(=O)(O)c1ccc(OC)cc1. The number of benzene rings is 2. The molecule has 0 aromatic heterocycles. The van der Waals surface area contributed by atoms with Crippen LogP contribution in [0.1, 0.15) is 10.4 Å². The summed E-state index contributed by atoms with van der Waals surface area (Å²) in [6.45, 7) is 0. The molecule has 0 fully saturated rings. The molecule has 1 N–H and O–H groups in total. The number of ether oxygens (including phenoxy) is 2. The normalized spacial score (nSPS) is 12.9. The third-order valence-electron chi connectivity index (χ3n) is 3.47. The van der Waals surface area contributed by atoms with Crippen LogP contribution in [0.3, 0.4) is 0 Å². The maximum atomic E-state index is 12.7. The quantitative estimate of drug-likeness (QED) is 0.463. The van der Waals surface area contributed by atoms with Crippen LogP contribution < -0.4 is 4.74 Å². The fourth-order valence-electron chi connectivity index (χ4n) is 2.07. The van der Waals surface area contributed by atoms with Crippen LogP contribution in [0.25, 0.3) is 0 Å². The molecule has 1 unspecified atom stereocenters. The van der Waals surface area contributed by atoms with Crippen molar-refractivity contribution in [2.24, 2.45) is 4.99 Å². The van der Waals surface area contributed by atoms with Crippen LogP contribution >= 0.6 is 11.6 Å². The van der Waals surface area contributed by atoms with Gasteiger partial charge < -0.3 is 14.0 Å². The summed E-state index contributed by atoms with van der Waals surface area (Å²) < 4.78 is 32.8. The second-order valence-electron chi connectivity index (χ2n) is 5.09. The Bertz CT molecular complexity index is 1050. The van der Waals surface area contributed by atoms with Crippen molar-refractivity contribution in [3.63, 3.8) is 0 Å². The van der Waals surface area contributed by atoms with Crippen LogP contribution in [0.2, 0.25) is 5.02 Å². The number of rotatable bonds is 5. The first kappa shape index (κ1) is 20.5. The molecule has 0 saturated heterocycles. The Hall–Kier alpha value is -2.86. The van der Waals surface area contributed by atoms with E-state index >= 15 is 0 Å². The predicted molar refractivity (Wildman–Crippen MR) is 104 cm³/mol. The lowest BCUT2D eigenvalue weighted by Crippen LogP contribution is -2.14. The van der Waals surface area contributed by atoms with Gasteiger partial charge in [-0.25, -0.2) is 9.00 Å². The minimum absolute atomic E-state index is 0.0191. The first-order chi connectivity index (χ1) is 12.8. The van der Waals surface area contributed by atoms with Gasteiger partial charge >= 0.3 is 5.97 Å². The van der Waals surface area contributed by atoms with Gasteiger partial charge in [-0.1, -0.05) is 11.6 Å². The lowest BCUT2D eigenvalue weighted by molar-refractivity contribution is 0.0601. The van der Waals surface area contributed by atoms with Crippen LogP contribution in [-0.2, 0) is 14.5 Å². The fraction of sp³-hybridized carbons (Fsp3) is 0.111. The fourth-order valence-corrected chi connectivity index (χ4v) is 3.32. The number of hydrogen-bond donors (Lipinski definition) is 1. The Balaban J connectivity index is 2.54. The van der Waals surface area contributed by atoms with Crippen molar-refractivity contribution in [1.29, 1.82) is 5.26 Å². The monoisotopic (exact) mass is 406 g/mol. The molecule has 0 aliphatic rings. The van der Waals surface area contributed by atoms with Gasteiger partial charge in [-0.15, -0.1) is 0 Å². The molecule has 2 aromatic carbocycles. The molecule has 0 heterocycles. The number of methoxy groups -OCH3 is 2. The number of hydrogen-bond acceptors (Lipinski definition) is 6. The van der Waals surface area contributed by atoms with E-state index in [9.17, 15) is 18.8 Å². The topological polar surface area (TPSA) is 109 Å². The van der Waals surface area contributed by atoms with Crippen molar-refractivity contribution < 1.29 is 23.0 Å². The van der Waals surface area contributed by atoms with E-state index in [2.05, 4.69) is 9.73 Å². The Morgan fingerprint density at radius 1 is 1.26 bits per heavy atom. The van der Waals surface area contributed by atoms with Crippen molar-refractivity contribution >= 4 is 44.1 Å². The van der Waals surface area contributed by atoms with Crippen LogP contribution in [0.15, 0.2) is 52.4 Å². The van der Waals surface area contributed by atoms with Gasteiger partial charge in [0.25, 0.3) is 0 Å². The van der Waals surface area contributed by atoms with Gasteiger partial charge in [0.1, 0.15) is 21.6 Å². The Kier molecular flexibility index (Phi) is 6.58. The maximum absolute atomic E-state index is 12.7. The zero-order chi connectivity index (χ0) is 20.0. The molecule has 2 aromatic rings. The third-order valence-corrected chi connectivity index (χ3v) is 5.41. The van der Waals surface area contributed by atoms with Crippen molar-refractivity contribution in [2.45, 2.75) is 4.90 Å². The number of carbonyl (C=O) groups is 1. The lowest BCUT2D eigenvalue weighted by Gasteiger charge is -2.07. The lowest BCUT2D eigenvalue weighted by atomic mass is 10.2. The predicted octanol–water partition coefficient (Wildman–Crippen LogP) is 3.35. The van der Waals surface area contributed by atoms with E-state index in [0.717, 1.165) is 6.21 Å². The minimum atomic E-state index is -3.84. The van der Waals surface area contributed by atoms with Gasteiger partial charge in [0.2, 0.25) is 0 Å². The molecule has 2 rings (SSSR count). The van der Waals surface area contributed by atoms with Gasteiger partial charge in [-0.05, 0) is 42.5 Å². The van der Waals surface area contributed by atoms with Crippen molar-refractivity contribution in [1.82, 2.24) is 0 Å². The minimum Gasteiger partial charge on any atom is -0.497 e. The van der Waals surface area contributed by atoms with Crippen LogP contribution in [-0.4, -0.2) is 40.0 Å². The molecular weight excluding hydrogens is 392 g/mol. The van der Waals surface area contributed by atoms with Crippen molar-refractivity contribution in [3.05, 3.63) is 53.1 Å². The van der Waals surface area contributed by atoms with Crippen molar-refractivity contribution in [2.75, 3.05) is 14.2 Å². The third kappa shape index (κ3) is 4.65. The zero-order valence-electron chi connectivity index (χ0n) is 14.4. The number of carbonyl (C=O) groups excluding carboxylic acids is 1. The molecule has 0 spiro atoms. The van der Waals surface area contributed by atoms with Gasteiger partial charge in [0.05, 0.1) is 36.6 Å². The molecule has 0 radical (unpaired) electrons. The summed E-state index contributed by atoms with van der Waals surface area (Å²) in [5, 5.41) is 9.62. The van der Waals surface area contributed by atoms with E-state index in [-0.39, 0.29) is 16.1 Å². The number of halogens is 1. The second-order valence-corrected chi connectivity index (χ2v) is 7.49. The summed E-state index contributed by atoms with van der Waals surface area (Å²) in [7, 11) is -1.17. The second kappa shape index (κ2) is 8.68. The molecule has 0 aliphatic carbocycles. The van der Waals surface area contributed by atoms with Gasteiger partial charge in [-0.2, -0.15) is 5.26 Å². The standard InChI is InChI=1S/C18H15ClN2O5S/c1-25-13-4-6-14(7-5-13)27(23,24)15(10-20)11-21-17-9-12(19)3-8-16(17)18(22)26-2/h3-9,11H,1-2H3,(H,23,24). The summed E-state index contributed by atoms with van der Waals surface area (Å²) >= 11 is 5.91. The van der Waals surface area contributed by atoms with E-state index in [1.165, 1.54) is 56.7 Å². The zero-order valence-corrected chi connectivity index (χ0v) is 16.0. The first-order valence-corrected chi connectivity index (χ1v) is 9.32. The smallest absolute Gasteiger partial charge is 0.340 e. The van der Waals surface area contributed by atoms with E-state index in [1.807, 2.05) is 0 Å². The van der Waals surface area contributed by atoms with Crippen LogP contribution in [0.4, 0.5) is 5.69 Å². The number of aliphatic imine (C=N–C) groups is 1. The van der Waals surface area contributed by atoms with Gasteiger partial charge in [0, 0.05) is 5.02 Å². The Labute approximate surface area is 161 Å². The van der Waals surface area contributed by atoms with Crippen molar-refractivity contribution in [3.8, 4) is 11.8 Å². The highest BCUT2D eigenvalue weighted by atomic mass is 35.5. The highest BCUT2D eigenvalue weighted by Gasteiger charge is 2.15. The summed E-state index contributed by atoms with van der Waals surface area (Å²) in [6.07, 6.45) is 0.935. The summed E-state index contributed by atoms with van der Waals surface area (Å²) in [5.74, 6) is -0.153. The Morgan fingerprint density at radius 3 is 2.48 bits per heavy atom. The largest absolute Gasteiger partial charge is 0.497 e. The van der Waals surface area contributed by atoms with Crippen LogP contribution in [0.5, 0.6) is 5.75 Å². The molecule has 0 bridgehead atoms. The highest BCUT2D eigenvalue weighted by molar-refractivity contribution is 7.98. The molecule has 0 aliphatic heterocycles. The Morgan fingerprint density at radius 2 is 1.93 bits per heavy atom. The van der Waals surface area contributed by atoms with E-state index in [4.69, 9.17) is 16.3 Å². The van der Waals surface area contributed by atoms with E-state index in [0.29, 0.717) is 10.8 Å². The summed E-state index contributed by atoms with van der Waals surface area (Å²) in [6, 6.07) is 11.7. The van der Waals surface area contributed by atoms with Gasteiger partial charge in [-0.3, -0.25) is 4.99 Å². The maximum Gasteiger partial charge on any atom is 0.340 e. The van der Waals surface area contributed by atoms with E-state index < -0.39 is 20.6 Å². The molecule has 9 heteroatoms. The van der Waals surface area contributed by atoms with Crippen LogP contribution in [0, 0.1) is 11.3 Å². The summed E-state index contributed by atoms with van der Waals surface area (Å²) in [4.78, 5) is 15.3. The number of nitriles is 1. The highest BCUT2D eigenvalue weighted by Crippen LogP contribution is 2.24. The molecule has 0 amide bonds.